The van der Waals surface area contributed by atoms with Gasteiger partial charge in [-0.15, -0.1) is 0 Å². The van der Waals surface area contributed by atoms with E-state index in [1.165, 1.54) is 19.3 Å². The topological polar surface area (TPSA) is 59.4 Å². The Balaban J connectivity index is 1.40. The molecule has 0 aliphatic carbocycles. The highest BCUT2D eigenvalue weighted by Gasteiger charge is 2.16. The average Bonchev–Trinajstić information content (AvgIpc) is 3.00. The third-order valence-electron chi connectivity index (χ3n) is 4.94. The molecule has 6 nitrogen and oxygen atoms in total. The Morgan fingerprint density at radius 2 is 2.08 bits per heavy atom. The Labute approximate surface area is 141 Å². The zero-order valence-electron chi connectivity index (χ0n) is 14.0. The summed E-state index contributed by atoms with van der Waals surface area (Å²) in [5, 5.41) is 3.03. The van der Waals surface area contributed by atoms with Crippen LogP contribution in [-0.4, -0.2) is 53.1 Å². The molecular formula is C18H24N4O2. The number of imidazole rings is 1. The van der Waals surface area contributed by atoms with E-state index in [1.807, 2.05) is 18.2 Å². The van der Waals surface area contributed by atoms with Crippen LogP contribution < -0.4 is 5.32 Å². The third kappa shape index (κ3) is 3.16. The van der Waals surface area contributed by atoms with Crippen LogP contribution in [0.5, 0.6) is 0 Å². The van der Waals surface area contributed by atoms with Crippen molar-refractivity contribution in [1.29, 1.82) is 0 Å². The van der Waals surface area contributed by atoms with Gasteiger partial charge in [0.05, 0.1) is 17.6 Å². The first-order chi connectivity index (χ1) is 11.8. The number of likely N-dealkylation sites (tertiary alicyclic amines) is 1. The molecule has 1 fully saturated rings. The number of benzene rings is 1. The molecule has 4 rings (SSSR count). The van der Waals surface area contributed by atoms with Crippen LogP contribution in [0.4, 0.5) is 0 Å². The molecule has 1 aromatic carbocycles. The van der Waals surface area contributed by atoms with Crippen molar-refractivity contribution in [2.45, 2.75) is 32.4 Å². The van der Waals surface area contributed by atoms with Gasteiger partial charge in [-0.2, -0.15) is 0 Å². The zero-order valence-corrected chi connectivity index (χ0v) is 14.0. The van der Waals surface area contributed by atoms with Gasteiger partial charge < -0.3 is 19.5 Å². The van der Waals surface area contributed by atoms with E-state index in [0.717, 1.165) is 49.6 Å². The second-order valence-electron chi connectivity index (χ2n) is 6.59. The number of rotatable bonds is 4. The van der Waals surface area contributed by atoms with E-state index in [9.17, 15) is 4.79 Å². The lowest BCUT2D eigenvalue weighted by molar-refractivity contribution is 0.0830. The Kier molecular flexibility index (Phi) is 4.49. The highest BCUT2D eigenvalue weighted by atomic mass is 16.5. The van der Waals surface area contributed by atoms with Gasteiger partial charge in [-0.1, -0.05) is 6.42 Å². The first kappa shape index (κ1) is 15.6. The SMILES string of the molecule is O=C(NCCN1CCCCC1)c1ccc2c(c1)nc1n2CCOC1. The van der Waals surface area contributed by atoms with Gasteiger partial charge in [-0.05, 0) is 44.1 Å². The number of hydrogen-bond acceptors (Lipinski definition) is 4. The van der Waals surface area contributed by atoms with Crippen LogP contribution in [0.2, 0.25) is 0 Å². The molecule has 0 saturated carbocycles. The van der Waals surface area contributed by atoms with Gasteiger partial charge in [0.15, 0.2) is 0 Å². The van der Waals surface area contributed by atoms with Crippen molar-refractivity contribution in [3.63, 3.8) is 0 Å². The van der Waals surface area contributed by atoms with Gasteiger partial charge in [0.1, 0.15) is 12.4 Å². The third-order valence-corrected chi connectivity index (χ3v) is 4.94. The molecule has 0 spiro atoms. The quantitative estimate of drug-likeness (QED) is 0.929. The van der Waals surface area contributed by atoms with Crippen molar-refractivity contribution in [3.8, 4) is 0 Å². The lowest BCUT2D eigenvalue weighted by atomic mass is 10.1. The van der Waals surface area contributed by atoms with Crippen molar-refractivity contribution >= 4 is 16.9 Å². The second-order valence-corrected chi connectivity index (χ2v) is 6.59. The van der Waals surface area contributed by atoms with Gasteiger partial charge in [0.2, 0.25) is 0 Å². The summed E-state index contributed by atoms with van der Waals surface area (Å²) in [6, 6.07) is 5.77. The minimum Gasteiger partial charge on any atom is -0.372 e. The smallest absolute Gasteiger partial charge is 0.251 e. The first-order valence-electron chi connectivity index (χ1n) is 8.89. The van der Waals surface area contributed by atoms with Crippen LogP contribution in [0.3, 0.4) is 0 Å². The Morgan fingerprint density at radius 1 is 1.21 bits per heavy atom. The maximum Gasteiger partial charge on any atom is 0.251 e. The fourth-order valence-electron chi connectivity index (χ4n) is 3.61. The average molecular weight is 328 g/mol. The minimum atomic E-state index is -0.0175. The fourth-order valence-corrected chi connectivity index (χ4v) is 3.61. The maximum atomic E-state index is 12.4. The van der Waals surface area contributed by atoms with E-state index < -0.39 is 0 Å². The number of ether oxygens (including phenoxy) is 1. The monoisotopic (exact) mass is 328 g/mol. The summed E-state index contributed by atoms with van der Waals surface area (Å²) < 4.78 is 7.62. The lowest BCUT2D eigenvalue weighted by Crippen LogP contribution is -2.37. The molecule has 0 bridgehead atoms. The molecular weight excluding hydrogens is 304 g/mol. The van der Waals surface area contributed by atoms with Gasteiger partial charge in [0.25, 0.3) is 5.91 Å². The molecule has 0 atom stereocenters. The number of piperidine rings is 1. The molecule has 1 N–H and O–H groups in total. The second kappa shape index (κ2) is 6.91. The molecule has 0 unspecified atom stereocenters. The highest BCUT2D eigenvalue weighted by molar-refractivity contribution is 5.97. The summed E-state index contributed by atoms with van der Waals surface area (Å²) in [4.78, 5) is 19.4. The number of amides is 1. The van der Waals surface area contributed by atoms with E-state index >= 15 is 0 Å². The van der Waals surface area contributed by atoms with Crippen LogP contribution >= 0.6 is 0 Å². The van der Waals surface area contributed by atoms with Gasteiger partial charge in [0, 0.05) is 25.2 Å². The van der Waals surface area contributed by atoms with Crippen LogP contribution in [0.15, 0.2) is 18.2 Å². The maximum absolute atomic E-state index is 12.4. The van der Waals surface area contributed by atoms with E-state index in [-0.39, 0.29) is 5.91 Å². The number of carbonyl (C=O) groups excluding carboxylic acids is 1. The number of hydrogen-bond donors (Lipinski definition) is 1. The number of carbonyl (C=O) groups is 1. The van der Waals surface area contributed by atoms with Gasteiger partial charge in [-0.25, -0.2) is 4.98 Å². The summed E-state index contributed by atoms with van der Waals surface area (Å²) in [5.74, 6) is 0.926. The van der Waals surface area contributed by atoms with Crippen LogP contribution in [0.25, 0.3) is 11.0 Å². The normalized spacial score (nSPS) is 18.5. The number of nitrogens with one attached hydrogen (secondary N) is 1. The summed E-state index contributed by atoms with van der Waals surface area (Å²) in [6.07, 6.45) is 3.89. The predicted molar refractivity (Wildman–Crippen MR) is 92.0 cm³/mol. The van der Waals surface area contributed by atoms with Crippen LogP contribution in [0.1, 0.15) is 35.4 Å². The van der Waals surface area contributed by atoms with E-state index in [4.69, 9.17) is 4.74 Å². The molecule has 1 saturated heterocycles. The van der Waals surface area contributed by atoms with E-state index in [2.05, 4.69) is 19.8 Å². The Morgan fingerprint density at radius 3 is 2.96 bits per heavy atom. The Bertz CT molecular complexity index is 734. The van der Waals surface area contributed by atoms with Crippen LogP contribution in [0, 0.1) is 0 Å². The first-order valence-corrected chi connectivity index (χ1v) is 8.89. The van der Waals surface area contributed by atoms with Crippen molar-refractivity contribution in [2.75, 3.05) is 32.8 Å². The summed E-state index contributed by atoms with van der Waals surface area (Å²) >= 11 is 0. The largest absolute Gasteiger partial charge is 0.372 e. The predicted octanol–water partition coefficient (Wildman–Crippen LogP) is 1.78. The van der Waals surface area contributed by atoms with E-state index in [1.54, 1.807) is 0 Å². The number of nitrogens with zero attached hydrogens (tertiary/aromatic N) is 3. The van der Waals surface area contributed by atoms with Crippen molar-refractivity contribution in [2.24, 2.45) is 0 Å². The van der Waals surface area contributed by atoms with Crippen LogP contribution in [-0.2, 0) is 17.9 Å². The number of fused-ring (bicyclic) bond motifs is 3. The van der Waals surface area contributed by atoms with Crippen molar-refractivity contribution in [1.82, 2.24) is 19.8 Å². The summed E-state index contributed by atoms with van der Waals surface area (Å²) in [5.41, 5.74) is 2.63. The molecule has 2 aromatic rings. The minimum absolute atomic E-state index is 0.0175. The molecule has 3 heterocycles. The molecule has 128 valence electrons. The fraction of sp³-hybridized carbons (Fsp3) is 0.556. The van der Waals surface area contributed by atoms with Gasteiger partial charge in [-0.3, -0.25) is 4.79 Å². The van der Waals surface area contributed by atoms with Gasteiger partial charge >= 0.3 is 0 Å². The lowest BCUT2D eigenvalue weighted by Gasteiger charge is -2.26. The molecule has 2 aliphatic rings. The van der Waals surface area contributed by atoms with Crippen molar-refractivity contribution in [3.05, 3.63) is 29.6 Å². The molecule has 6 heteroatoms. The zero-order chi connectivity index (χ0) is 16.4. The Hall–Kier alpha value is -1.92. The van der Waals surface area contributed by atoms with Crippen molar-refractivity contribution < 1.29 is 9.53 Å². The molecule has 24 heavy (non-hydrogen) atoms. The molecule has 2 aliphatic heterocycles. The molecule has 0 radical (unpaired) electrons. The summed E-state index contributed by atoms with van der Waals surface area (Å²) in [6.45, 7) is 6.04. The molecule has 1 aromatic heterocycles. The number of aromatic nitrogens is 2. The standard InChI is InChI=1S/C18H24N4O2/c23-18(19-6-9-21-7-2-1-3-8-21)14-4-5-16-15(12-14)20-17-13-24-11-10-22(16)17/h4-5,12H,1-3,6-11,13H2,(H,19,23). The van der Waals surface area contributed by atoms with E-state index in [0.29, 0.717) is 18.7 Å². The molecule has 1 amide bonds. The highest BCUT2D eigenvalue weighted by Crippen LogP contribution is 2.20. The summed E-state index contributed by atoms with van der Waals surface area (Å²) in [7, 11) is 0.